The number of urea groups is 1. The quantitative estimate of drug-likeness (QED) is 0.721. The molecule has 19 heavy (non-hydrogen) atoms. The Morgan fingerprint density at radius 2 is 2.05 bits per heavy atom. The molecule has 0 saturated carbocycles. The first-order chi connectivity index (χ1) is 9.08. The van der Waals surface area contributed by atoms with Gasteiger partial charge in [-0.2, -0.15) is 0 Å². The maximum absolute atomic E-state index is 11.6. The third-order valence-corrected chi connectivity index (χ3v) is 4.47. The van der Waals surface area contributed by atoms with Crippen LogP contribution in [0.3, 0.4) is 0 Å². The van der Waals surface area contributed by atoms with Gasteiger partial charge in [0.05, 0.1) is 12.6 Å². The largest absolute Gasteiger partial charge is 0.391 e. The first kappa shape index (κ1) is 16.0. The van der Waals surface area contributed by atoms with Crippen LogP contribution in [0.1, 0.15) is 37.1 Å². The van der Waals surface area contributed by atoms with E-state index in [1.54, 1.807) is 11.3 Å². The van der Waals surface area contributed by atoms with E-state index in [2.05, 4.69) is 24.5 Å². The number of carbonyl (C=O) groups is 1. The predicted octanol–water partition coefficient (Wildman–Crippen LogP) is 2.65. The third kappa shape index (κ3) is 5.20. The van der Waals surface area contributed by atoms with Crippen molar-refractivity contribution in [2.24, 2.45) is 5.92 Å². The van der Waals surface area contributed by atoms with E-state index >= 15 is 0 Å². The maximum Gasteiger partial charge on any atom is 0.315 e. The number of aliphatic hydroxyl groups excluding tert-OH is 1. The molecule has 1 atom stereocenters. The van der Waals surface area contributed by atoms with Crippen molar-refractivity contribution in [2.45, 2.75) is 46.3 Å². The summed E-state index contributed by atoms with van der Waals surface area (Å²) in [5.74, 6) is 0.250. The summed E-state index contributed by atoms with van der Waals surface area (Å²) in [7, 11) is 0. The van der Waals surface area contributed by atoms with Crippen LogP contribution >= 0.6 is 11.3 Å². The van der Waals surface area contributed by atoms with Crippen molar-refractivity contribution in [3.8, 4) is 0 Å². The summed E-state index contributed by atoms with van der Waals surface area (Å²) < 4.78 is 0. The van der Waals surface area contributed by atoms with Crippen molar-refractivity contribution >= 4 is 17.4 Å². The number of hydrogen-bond acceptors (Lipinski definition) is 3. The van der Waals surface area contributed by atoms with Crippen LogP contribution in [0.2, 0.25) is 0 Å². The number of nitrogens with one attached hydrogen (secondary N) is 2. The molecule has 1 rings (SSSR count). The van der Waals surface area contributed by atoms with Crippen LogP contribution in [0.4, 0.5) is 4.79 Å². The lowest BCUT2D eigenvalue weighted by atomic mass is 9.97. The van der Waals surface area contributed by atoms with Gasteiger partial charge in [-0.05, 0) is 29.9 Å². The highest BCUT2D eigenvalue weighted by Gasteiger charge is 2.16. The molecule has 5 heteroatoms. The van der Waals surface area contributed by atoms with Crippen LogP contribution in [0, 0.1) is 12.8 Å². The Morgan fingerprint density at radius 1 is 1.37 bits per heavy atom. The highest BCUT2D eigenvalue weighted by Crippen LogP contribution is 2.14. The second-order valence-electron chi connectivity index (χ2n) is 4.73. The van der Waals surface area contributed by atoms with E-state index in [0.717, 1.165) is 17.7 Å². The van der Waals surface area contributed by atoms with Crippen LogP contribution in [-0.2, 0) is 6.54 Å². The fourth-order valence-electron chi connectivity index (χ4n) is 2.01. The van der Waals surface area contributed by atoms with Gasteiger partial charge in [0.1, 0.15) is 0 Å². The fraction of sp³-hybridized carbons (Fsp3) is 0.643. The van der Waals surface area contributed by atoms with Crippen molar-refractivity contribution in [2.75, 3.05) is 6.54 Å². The van der Waals surface area contributed by atoms with E-state index in [1.165, 1.54) is 5.56 Å². The van der Waals surface area contributed by atoms with Crippen molar-refractivity contribution in [1.82, 2.24) is 10.6 Å². The van der Waals surface area contributed by atoms with E-state index in [4.69, 9.17) is 0 Å². The number of thiophene rings is 1. The van der Waals surface area contributed by atoms with Crippen LogP contribution in [-0.4, -0.2) is 23.8 Å². The zero-order valence-electron chi connectivity index (χ0n) is 11.9. The van der Waals surface area contributed by atoms with Gasteiger partial charge in [0.2, 0.25) is 0 Å². The van der Waals surface area contributed by atoms with E-state index in [0.29, 0.717) is 13.1 Å². The minimum Gasteiger partial charge on any atom is -0.391 e. The number of aryl methyl sites for hydroxylation is 1. The number of carbonyl (C=O) groups excluding carboxylic acids is 1. The van der Waals surface area contributed by atoms with Gasteiger partial charge in [0.15, 0.2) is 0 Å². The summed E-state index contributed by atoms with van der Waals surface area (Å²) in [4.78, 5) is 12.8. The first-order valence-electron chi connectivity index (χ1n) is 6.81. The molecule has 0 fully saturated rings. The number of rotatable bonds is 7. The molecule has 1 aromatic rings. The van der Waals surface area contributed by atoms with Gasteiger partial charge in [0, 0.05) is 11.4 Å². The van der Waals surface area contributed by atoms with Gasteiger partial charge < -0.3 is 15.7 Å². The molecule has 0 bridgehead atoms. The van der Waals surface area contributed by atoms with Crippen LogP contribution < -0.4 is 10.6 Å². The standard InChI is InChI=1S/C14H24N2O2S/c1-4-11(5-2)12(17)8-15-14(18)16-9-13-10(3)6-7-19-13/h6-7,11-12,17H,4-5,8-9H2,1-3H3,(H2,15,16,18). The molecule has 1 heterocycles. The lowest BCUT2D eigenvalue weighted by Gasteiger charge is -2.20. The maximum atomic E-state index is 11.6. The lowest BCUT2D eigenvalue weighted by molar-refractivity contribution is 0.103. The second kappa shape index (κ2) is 8.17. The summed E-state index contributed by atoms with van der Waals surface area (Å²) >= 11 is 1.64. The zero-order chi connectivity index (χ0) is 14.3. The van der Waals surface area contributed by atoms with E-state index < -0.39 is 6.10 Å². The summed E-state index contributed by atoms with van der Waals surface area (Å²) in [5.41, 5.74) is 1.20. The fourth-order valence-corrected chi connectivity index (χ4v) is 2.85. The third-order valence-electron chi connectivity index (χ3n) is 3.44. The Hall–Kier alpha value is -1.07. The van der Waals surface area contributed by atoms with Gasteiger partial charge in [-0.1, -0.05) is 26.7 Å². The Morgan fingerprint density at radius 3 is 2.58 bits per heavy atom. The summed E-state index contributed by atoms with van der Waals surface area (Å²) in [6.07, 6.45) is 1.38. The average Bonchev–Trinajstić information content (AvgIpc) is 2.81. The van der Waals surface area contributed by atoms with Crippen molar-refractivity contribution < 1.29 is 9.90 Å². The number of amides is 2. The predicted molar refractivity (Wildman–Crippen MR) is 79.4 cm³/mol. The minimum atomic E-state index is -0.468. The van der Waals surface area contributed by atoms with Crippen LogP contribution in [0.15, 0.2) is 11.4 Å². The average molecular weight is 284 g/mol. The van der Waals surface area contributed by atoms with E-state index in [9.17, 15) is 9.90 Å². The molecule has 0 aliphatic heterocycles. The molecule has 0 aliphatic rings. The summed E-state index contributed by atoms with van der Waals surface area (Å²) in [6.45, 7) is 6.98. The summed E-state index contributed by atoms with van der Waals surface area (Å²) in [5, 5.41) is 17.5. The Balaban J connectivity index is 2.26. The van der Waals surface area contributed by atoms with Gasteiger partial charge in [-0.15, -0.1) is 11.3 Å². The van der Waals surface area contributed by atoms with Gasteiger partial charge in [-0.3, -0.25) is 0 Å². The highest BCUT2D eigenvalue weighted by atomic mass is 32.1. The zero-order valence-corrected chi connectivity index (χ0v) is 12.7. The lowest BCUT2D eigenvalue weighted by Crippen LogP contribution is -2.41. The summed E-state index contributed by atoms with van der Waals surface area (Å²) in [6, 6.07) is 1.81. The van der Waals surface area contributed by atoms with Gasteiger partial charge >= 0.3 is 6.03 Å². The molecule has 0 spiro atoms. The monoisotopic (exact) mass is 284 g/mol. The van der Waals surface area contributed by atoms with E-state index in [1.807, 2.05) is 18.4 Å². The van der Waals surface area contributed by atoms with Crippen LogP contribution in [0.5, 0.6) is 0 Å². The molecule has 108 valence electrons. The highest BCUT2D eigenvalue weighted by molar-refractivity contribution is 7.10. The smallest absolute Gasteiger partial charge is 0.315 e. The number of aliphatic hydroxyl groups is 1. The van der Waals surface area contributed by atoms with E-state index in [-0.39, 0.29) is 11.9 Å². The molecule has 0 radical (unpaired) electrons. The number of hydrogen-bond donors (Lipinski definition) is 3. The molecule has 4 nitrogen and oxygen atoms in total. The molecule has 1 aromatic heterocycles. The normalized spacial score (nSPS) is 12.5. The topological polar surface area (TPSA) is 61.4 Å². The molecule has 3 N–H and O–H groups in total. The molecule has 2 amide bonds. The first-order valence-corrected chi connectivity index (χ1v) is 7.69. The minimum absolute atomic E-state index is 0.224. The molecular weight excluding hydrogens is 260 g/mol. The molecule has 1 unspecified atom stereocenters. The second-order valence-corrected chi connectivity index (χ2v) is 5.73. The van der Waals surface area contributed by atoms with Gasteiger partial charge in [-0.25, -0.2) is 4.79 Å². The molecule has 0 saturated heterocycles. The molecule has 0 aromatic carbocycles. The molecule has 0 aliphatic carbocycles. The van der Waals surface area contributed by atoms with Crippen molar-refractivity contribution in [3.05, 3.63) is 21.9 Å². The Bertz CT molecular complexity index is 389. The van der Waals surface area contributed by atoms with Gasteiger partial charge in [0.25, 0.3) is 0 Å². The SMILES string of the molecule is CCC(CC)C(O)CNC(=O)NCc1sccc1C. The Kier molecular flexibility index (Phi) is 6.87. The molecular formula is C14H24N2O2S. The van der Waals surface area contributed by atoms with Crippen molar-refractivity contribution in [1.29, 1.82) is 0 Å². The van der Waals surface area contributed by atoms with Crippen LogP contribution in [0.25, 0.3) is 0 Å². The Labute approximate surface area is 119 Å². The van der Waals surface area contributed by atoms with Crippen molar-refractivity contribution in [3.63, 3.8) is 0 Å².